The van der Waals surface area contributed by atoms with Crippen LogP contribution >= 0.6 is 0 Å². The van der Waals surface area contributed by atoms with Crippen molar-refractivity contribution >= 4 is 11.6 Å². The molecule has 0 fully saturated rings. The summed E-state index contributed by atoms with van der Waals surface area (Å²) in [4.78, 5) is 12.1. The third-order valence-electron chi connectivity index (χ3n) is 3.05. The second kappa shape index (κ2) is 5.77. The summed E-state index contributed by atoms with van der Waals surface area (Å²) in [6, 6.07) is 7.17. The largest absolute Gasteiger partial charge is 0.399 e. The Balaban J connectivity index is 2.47. The number of amides is 1. The molecule has 0 aliphatic heterocycles. The van der Waals surface area contributed by atoms with Crippen LogP contribution < -0.4 is 11.1 Å². The molecular formula is C15H20N4O. The van der Waals surface area contributed by atoms with Gasteiger partial charge in [-0.2, -0.15) is 5.10 Å². The van der Waals surface area contributed by atoms with E-state index in [-0.39, 0.29) is 5.91 Å². The van der Waals surface area contributed by atoms with Crippen molar-refractivity contribution in [3.8, 4) is 5.69 Å². The van der Waals surface area contributed by atoms with Crippen molar-refractivity contribution in [1.82, 2.24) is 15.1 Å². The fourth-order valence-corrected chi connectivity index (χ4v) is 1.97. The first kappa shape index (κ1) is 14.1. The molecule has 0 radical (unpaired) electrons. The minimum absolute atomic E-state index is 0.121. The summed E-state index contributed by atoms with van der Waals surface area (Å²) < 4.78 is 1.70. The predicted molar refractivity (Wildman–Crippen MR) is 80.1 cm³/mol. The van der Waals surface area contributed by atoms with Gasteiger partial charge in [0.05, 0.1) is 16.9 Å². The van der Waals surface area contributed by atoms with Gasteiger partial charge in [0, 0.05) is 18.4 Å². The van der Waals surface area contributed by atoms with Crippen molar-refractivity contribution in [2.45, 2.75) is 26.7 Å². The molecule has 1 aromatic carbocycles. The maximum absolute atomic E-state index is 12.1. The number of anilines is 1. The van der Waals surface area contributed by atoms with Crippen molar-refractivity contribution in [2.75, 3.05) is 12.3 Å². The van der Waals surface area contributed by atoms with Crippen molar-refractivity contribution in [1.29, 1.82) is 0 Å². The summed E-state index contributed by atoms with van der Waals surface area (Å²) in [6.07, 6.45) is 1.85. The lowest BCUT2D eigenvalue weighted by molar-refractivity contribution is 0.0955. The van der Waals surface area contributed by atoms with E-state index in [2.05, 4.69) is 24.3 Å². The highest BCUT2D eigenvalue weighted by molar-refractivity contribution is 5.98. The van der Waals surface area contributed by atoms with Crippen LogP contribution in [0.5, 0.6) is 0 Å². The van der Waals surface area contributed by atoms with E-state index >= 15 is 0 Å². The molecule has 2 rings (SSSR count). The average Bonchev–Trinajstić information content (AvgIpc) is 2.88. The Hall–Kier alpha value is -2.30. The van der Waals surface area contributed by atoms with Gasteiger partial charge in [0.15, 0.2) is 0 Å². The Morgan fingerprint density at radius 1 is 1.40 bits per heavy atom. The van der Waals surface area contributed by atoms with Crippen LogP contribution in [-0.2, 0) is 0 Å². The summed E-state index contributed by atoms with van der Waals surface area (Å²) in [7, 11) is 0. The lowest BCUT2D eigenvalue weighted by Crippen LogP contribution is -2.24. The monoisotopic (exact) mass is 272 g/mol. The second-order valence-corrected chi connectivity index (χ2v) is 4.98. The zero-order chi connectivity index (χ0) is 14.7. The SMILES string of the molecule is CCNC(=O)c1ccc(N)cc1-n1ccc(C(C)C)n1. The Bertz CT molecular complexity index is 616. The number of benzene rings is 1. The molecule has 0 aliphatic rings. The summed E-state index contributed by atoms with van der Waals surface area (Å²) in [5.41, 5.74) is 8.69. The van der Waals surface area contributed by atoms with Gasteiger partial charge >= 0.3 is 0 Å². The minimum atomic E-state index is -0.121. The molecule has 0 saturated carbocycles. The molecule has 0 aliphatic carbocycles. The number of rotatable bonds is 4. The molecular weight excluding hydrogens is 252 g/mol. The fourth-order valence-electron chi connectivity index (χ4n) is 1.97. The third-order valence-corrected chi connectivity index (χ3v) is 3.05. The van der Waals surface area contributed by atoms with Gasteiger partial charge in [-0.05, 0) is 37.1 Å². The molecule has 5 heteroatoms. The topological polar surface area (TPSA) is 72.9 Å². The smallest absolute Gasteiger partial charge is 0.253 e. The number of aromatic nitrogens is 2. The van der Waals surface area contributed by atoms with Crippen molar-refractivity contribution < 1.29 is 4.79 Å². The number of carbonyl (C=O) groups excluding carboxylic acids is 1. The standard InChI is InChI=1S/C15H20N4O/c1-4-17-15(20)12-6-5-11(16)9-14(12)19-8-7-13(18-19)10(2)3/h5-10H,4,16H2,1-3H3,(H,17,20). The molecule has 5 nitrogen and oxygen atoms in total. The van der Waals surface area contributed by atoms with Crippen molar-refractivity contribution in [2.24, 2.45) is 0 Å². The Labute approximate surface area is 118 Å². The van der Waals surface area contributed by atoms with Gasteiger partial charge in [0.2, 0.25) is 0 Å². The lowest BCUT2D eigenvalue weighted by atomic mass is 10.1. The number of nitrogens with two attached hydrogens (primary N) is 1. The summed E-state index contributed by atoms with van der Waals surface area (Å²) in [5.74, 6) is 0.217. The van der Waals surface area contributed by atoms with Gasteiger partial charge < -0.3 is 11.1 Å². The maximum Gasteiger partial charge on any atom is 0.253 e. The highest BCUT2D eigenvalue weighted by atomic mass is 16.1. The second-order valence-electron chi connectivity index (χ2n) is 4.98. The predicted octanol–water partition coefficient (Wildman–Crippen LogP) is 2.33. The first-order valence-electron chi connectivity index (χ1n) is 6.76. The summed E-state index contributed by atoms with van der Waals surface area (Å²) >= 11 is 0. The van der Waals surface area contributed by atoms with E-state index in [1.54, 1.807) is 22.9 Å². The highest BCUT2D eigenvalue weighted by Crippen LogP contribution is 2.20. The fraction of sp³-hybridized carbons (Fsp3) is 0.333. The third kappa shape index (κ3) is 2.82. The van der Waals surface area contributed by atoms with Crippen LogP contribution in [0.1, 0.15) is 42.7 Å². The number of nitrogens with zero attached hydrogens (tertiary/aromatic N) is 2. The zero-order valence-electron chi connectivity index (χ0n) is 12.1. The summed E-state index contributed by atoms with van der Waals surface area (Å²) in [6.45, 7) is 6.63. The van der Waals surface area contributed by atoms with E-state index in [1.807, 2.05) is 19.2 Å². The molecule has 0 spiro atoms. The molecule has 1 heterocycles. The molecule has 0 atom stereocenters. The van der Waals surface area contributed by atoms with Gasteiger partial charge in [-0.25, -0.2) is 4.68 Å². The lowest BCUT2D eigenvalue weighted by Gasteiger charge is -2.10. The van der Waals surface area contributed by atoms with Gasteiger partial charge in [-0.3, -0.25) is 4.79 Å². The van der Waals surface area contributed by atoms with Gasteiger partial charge in [0.25, 0.3) is 5.91 Å². The van der Waals surface area contributed by atoms with Crippen molar-refractivity contribution in [3.05, 3.63) is 41.7 Å². The van der Waals surface area contributed by atoms with Crippen LogP contribution in [-0.4, -0.2) is 22.2 Å². The number of carbonyl (C=O) groups is 1. The number of hydrogen-bond donors (Lipinski definition) is 2. The Morgan fingerprint density at radius 2 is 2.15 bits per heavy atom. The van der Waals surface area contributed by atoms with Crippen molar-refractivity contribution in [3.63, 3.8) is 0 Å². The molecule has 0 saturated heterocycles. The van der Waals surface area contributed by atoms with Crippen LogP contribution in [0.4, 0.5) is 5.69 Å². The van der Waals surface area contributed by atoms with Gasteiger partial charge in [-0.15, -0.1) is 0 Å². The van der Waals surface area contributed by atoms with Crippen LogP contribution in [0, 0.1) is 0 Å². The Kier molecular flexibility index (Phi) is 4.08. The van der Waals surface area contributed by atoms with Gasteiger partial charge in [-0.1, -0.05) is 13.8 Å². The van der Waals surface area contributed by atoms with Crippen LogP contribution in [0.2, 0.25) is 0 Å². The molecule has 106 valence electrons. The van der Waals surface area contributed by atoms with Crippen LogP contribution in [0.3, 0.4) is 0 Å². The number of nitrogen functional groups attached to an aromatic ring is 1. The van der Waals surface area contributed by atoms with E-state index in [9.17, 15) is 4.79 Å². The molecule has 2 aromatic rings. The molecule has 1 aromatic heterocycles. The minimum Gasteiger partial charge on any atom is -0.399 e. The molecule has 0 bridgehead atoms. The molecule has 3 N–H and O–H groups in total. The normalized spacial score (nSPS) is 10.8. The quantitative estimate of drug-likeness (QED) is 0.839. The first-order chi connectivity index (χ1) is 9.52. The van der Waals surface area contributed by atoms with E-state index in [0.717, 1.165) is 5.69 Å². The average molecular weight is 272 g/mol. The maximum atomic E-state index is 12.1. The first-order valence-corrected chi connectivity index (χ1v) is 6.76. The van der Waals surface area contributed by atoms with Crippen LogP contribution in [0.15, 0.2) is 30.5 Å². The van der Waals surface area contributed by atoms with E-state index in [0.29, 0.717) is 29.4 Å². The molecule has 0 unspecified atom stereocenters. The number of nitrogens with one attached hydrogen (secondary N) is 1. The number of hydrogen-bond acceptors (Lipinski definition) is 3. The highest BCUT2D eigenvalue weighted by Gasteiger charge is 2.14. The summed E-state index contributed by atoms with van der Waals surface area (Å²) in [5, 5.41) is 7.31. The van der Waals surface area contributed by atoms with E-state index in [4.69, 9.17) is 5.73 Å². The van der Waals surface area contributed by atoms with E-state index in [1.165, 1.54) is 0 Å². The zero-order valence-corrected chi connectivity index (χ0v) is 12.1. The molecule has 20 heavy (non-hydrogen) atoms. The van der Waals surface area contributed by atoms with Crippen LogP contribution in [0.25, 0.3) is 5.69 Å². The molecule has 1 amide bonds. The van der Waals surface area contributed by atoms with Gasteiger partial charge in [0.1, 0.15) is 0 Å². The Morgan fingerprint density at radius 3 is 2.75 bits per heavy atom. The van der Waals surface area contributed by atoms with E-state index < -0.39 is 0 Å².